The monoisotopic (exact) mass is 362 g/mol. The summed E-state index contributed by atoms with van der Waals surface area (Å²) in [5, 5.41) is 0.554. The zero-order valence-electron chi connectivity index (χ0n) is 14.8. The maximum absolute atomic E-state index is 13.1. The molecule has 5 nitrogen and oxygen atoms in total. The Kier molecular flexibility index (Phi) is 3.85. The third kappa shape index (κ3) is 2.40. The second-order valence-corrected chi connectivity index (χ2v) is 8.15. The molecule has 1 aromatic rings. The number of ether oxygens (including phenoxy) is 1. The summed E-state index contributed by atoms with van der Waals surface area (Å²) in [5.41, 5.74) is 0.896. The van der Waals surface area contributed by atoms with E-state index in [2.05, 4.69) is 13.8 Å². The van der Waals surface area contributed by atoms with Gasteiger partial charge in [-0.15, -0.1) is 0 Å². The van der Waals surface area contributed by atoms with Crippen LogP contribution < -0.4 is 0 Å². The van der Waals surface area contributed by atoms with E-state index < -0.39 is 5.72 Å². The minimum absolute atomic E-state index is 0.0706. The number of carbonyl (C=O) groups is 2. The molecule has 3 fully saturated rings. The normalized spacial score (nSPS) is 31.0. The average molecular weight is 363 g/mol. The maximum atomic E-state index is 13.1. The van der Waals surface area contributed by atoms with Crippen LogP contribution in [0.5, 0.6) is 0 Å². The molecule has 1 aromatic carbocycles. The van der Waals surface area contributed by atoms with Crippen molar-refractivity contribution in [1.29, 1.82) is 0 Å². The van der Waals surface area contributed by atoms with Crippen LogP contribution in [0, 0.1) is 12.8 Å². The van der Waals surface area contributed by atoms with Crippen molar-refractivity contribution < 1.29 is 14.3 Å². The molecule has 0 radical (unpaired) electrons. The van der Waals surface area contributed by atoms with Gasteiger partial charge in [0.05, 0.1) is 25.1 Å². The van der Waals surface area contributed by atoms with E-state index in [0.717, 1.165) is 5.56 Å². The van der Waals surface area contributed by atoms with E-state index >= 15 is 0 Å². The van der Waals surface area contributed by atoms with Crippen molar-refractivity contribution in [1.82, 2.24) is 9.80 Å². The molecule has 3 atom stereocenters. The van der Waals surface area contributed by atoms with E-state index in [-0.39, 0.29) is 23.9 Å². The lowest BCUT2D eigenvalue weighted by atomic mass is 10.0. The van der Waals surface area contributed by atoms with Gasteiger partial charge in [-0.2, -0.15) is 0 Å². The molecule has 3 aliphatic heterocycles. The minimum atomic E-state index is -0.630. The number of nitrogens with zero attached hydrogens (tertiary/aromatic N) is 2. The number of likely N-dealkylation sites (tertiary alicyclic amines) is 1. The molecule has 6 heteroatoms. The molecule has 0 aliphatic carbocycles. The molecule has 0 unspecified atom stereocenters. The van der Waals surface area contributed by atoms with E-state index in [4.69, 9.17) is 16.3 Å². The molecule has 0 N–H and O–H groups in total. The molecule has 1 spiro atoms. The molecule has 2 amide bonds. The molecule has 3 heterocycles. The van der Waals surface area contributed by atoms with Crippen LogP contribution in [0.25, 0.3) is 0 Å². The van der Waals surface area contributed by atoms with Crippen LogP contribution in [0.3, 0.4) is 0 Å². The molecule has 134 valence electrons. The van der Waals surface area contributed by atoms with Crippen LogP contribution >= 0.6 is 11.6 Å². The number of halogens is 1. The Bertz CT molecular complexity index is 730. The number of hydrogen-bond acceptors (Lipinski definition) is 3. The molecule has 25 heavy (non-hydrogen) atoms. The zero-order valence-corrected chi connectivity index (χ0v) is 15.5. The van der Waals surface area contributed by atoms with Crippen LogP contribution in [0.4, 0.5) is 0 Å². The lowest BCUT2D eigenvalue weighted by molar-refractivity contribution is -0.139. The van der Waals surface area contributed by atoms with E-state index in [1.54, 1.807) is 6.07 Å². The van der Waals surface area contributed by atoms with Crippen molar-refractivity contribution in [3.8, 4) is 0 Å². The fraction of sp³-hybridized carbons (Fsp3) is 0.579. The highest BCUT2D eigenvalue weighted by Gasteiger charge is 2.65. The first-order valence-electron chi connectivity index (χ1n) is 8.88. The number of benzene rings is 1. The summed E-state index contributed by atoms with van der Waals surface area (Å²) in [6.07, 6.45) is 1.02. The fourth-order valence-electron chi connectivity index (χ4n) is 4.64. The molecule has 3 saturated heterocycles. The predicted molar refractivity (Wildman–Crippen MR) is 94.4 cm³/mol. The van der Waals surface area contributed by atoms with Crippen molar-refractivity contribution >= 4 is 23.4 Å². The summed E-state index contributed by atoms with van der Waals surface area (Å²) in [6, 6.07) is 5.26. The quantitative estimate of drug-likeness (QED) is 0.812. The van der Waals surface area contributed by atoms with E-state index in [1.165, 1.54) is 0 Å². The fourth-order valence-corrected chi connectivity index (χ4v) is 4.93. The third-order valence-corrected chi connectivity index (χ3v) is 6.03. The van der Waals surface area contributed by atoms with Gasteiger partial charge in [0.1, 0.15) is 0 Å². The lowest BCUT2D eigenvalue weighted by Gasteiger charge is -2.34. The second-order valence-electron chi connectivity index (χ2n) is 7.72. The second kappa shape index (κ2) is 5.71. The maximum Gasteiger partial charge on any atom is 0.254 e. The zero-order chi connectivity index (χ0) is 17.9. The largest absolute Gasteiger partial charge is 0.351 e. The summed E-state index contributed by atoms with van der Waals surface area (Å²) >= 11 is 6.12. The Morgan fingerprint density at radius 2 is 2.12 bits per heavy atom. The number of aryl methyl sites for hydroxylation is 1. The third-order valence-electron chi connectivity index (χ3n) is 5.81. The van der Waals surface area contributed by atoms with Crippen molar-refractivity contribution in [3.63, 3.8) is 0 Å². The van der Waals surface area contributed by atoms with Gasteiger partial charge in [-0.3, -0.25) is 9.59 Å². The molecular weight excluding hydrogens is 340 g/mol. The van der Waals surface area contributed by atoms with Gasteiger partial charge < -0.3 is 14.5 Å². The number of amides is 2. The first-order chi connectivity index (χ1) is 11.8. The topological polar surface area (TPSA) is 49.9 Å². The molecule has 0 saturated carbocycles. The van der Waals surface area contributed by atoms with Gasteiger partial charge in [0.2, 0.25) is 5.91 Å². The summed E-state index contributed by atoms with van der Waals surface area (Å²) in [4.78, 5) is 29.5. The molecule has 0 bridgehead atoms. The Balaban J connectivity index is 1.65. The van der Waals surface area contributed by atoms with Crippen molar-refractivity contribution in [2.45, 2.75) is 51.4 Å². The van der Waals surface area contributed by atoms with Crippen LogP contribution in [0.1, 0.15) is 42.6 Å². The Morgan fingerprint density at radius 3 is 2.80 bits per heavy atom. The van der Waals surface area contributed by atoms with Gasteiger partial charge in [0.15, 0.2) is 5.72 Å². The van der Waals surface area contributed by atoms with Gasteiger partial charge in [0.25, 0.3) is 5.91 Å². The van der Waals surface area contributed by atoms with Crippen LogP contribution in [-0.4, -0.2) is 52.6 Å². The van der Waals surface area contributed by atoms with Gasteiger partial charge in [0, 0.05) is 23.6 Å². The Morgan fingerprint density at radius 1 is 1.36 bits per heavy atom. The van der Waals surface area contributed by atoms with Gasteiger partial charge in [-0.05, 0) is 36.6 Å². The van der Waals surface area contributed by atoms with Crippen molar-refractivity contribution in [2.75, 3.05) is 13.2 Å². The van der Waals surface area contributed by atoms with Gasteiger partial charge in [-0.25, -0.2) is 0 Å². The SMILES string of the molecule is Cc1cc(Cl)cc(C(=O)N2CC[C@@]34OC[C@@H](C(C)C)N3C(=O)C[C@@H]24)c1. The van der Waals surface area contributed by atoms with E-state index in [9.17, 15) is 9.59 Å². The summed E-state index contributed by atoms with van der Waals surface area (Å²) in [6.45, 7) is 7.30. The summed E-state index contributed by atoms with van der Waals surface area (Å²) in [7, 11) is 0. The predicted octanol–water partition coefficient (Wildman–Crippen LogP) is 2.85. The van der Waals surface area contributed by atoms with Crippen molar-refractivity contribution in [2.24, 2.45) is 5.92 Å². The molecule has 4 rings (SSSR count). The Hall–Kier alpha value is -1.59. The first-order valence-corrected chi connectivity index (χ1v) is 9.25. The smallest absolute Gasteiger partial charge is 0.254 e. The standard InChI is InChI=1S/C19H23ClN2O3/c1-11(2)15-10-25-19-4-5-21(16(19)9-17(23)22(15)19)18(24)13-6-12(3)7-14(20)8-13/h6-8,11,15-16H,4-5,9-10H2,1-3H3/t15-,16+,19-/m0/s1. The van der Waals surface area contributed by atoms with E-state index in [0.29, 0.717) is 42.5 Å². The highest BCUT2D eigenvalue weighted by molar-refractivity contribution is 6.31. The van der Waals surface area contributed by atoms with Crippen LogP contribution in [-0.2, 0) is 9.53 Å². The number of rotatable bonds is 2. The van der Waals surface area contributed by atoms with Crippen LogP contribution in [0.15, 0.2) is 18.2 Å². The highest BCUT2D eigenvalue weighted by atomic mass is 35.5. The minimum Gasteiger partial charge on any atom is -0.351 e. The Labute approximate surface area is 152 Å². The summed E-state index contributed by atoms with van der Waals surface area (Å²) in [5.74, 6) is 0.363. The van der Waals surface area contributed by atoms with Crippen molar-refractivity contribution in [3.05, 3.63) is 34.3 Å². The van der Waals surface area contributed by atoms with Gasteiger partial charge in [-0.1, -0.05) is 25.4 Å². The molecular formula is C19H23ClN2O3. The number of carbonyl (C=O) groups excluding carboxylic acids is 2. The molecule has 0 aromatic heterocycles. The molecule has 3 aliphatic rings. The first kappa shape index (κ1) is 16.9. The van der Waals surface area contributed by atoms with Gasteiger partial charge >= 0.3 is 0 Å². The lowest BCUT2D eigenvalue weighted by Crippen LogP contribution is -2.51. The summed E-state index contributed by atoms with van der Waals surface area (Å²) < 4.78 is 6.18. The number of hydrogen-bond donors (Lipinski definition) is 0. The van der Waals surface area contributed by atoms with E-state index in [1.807, 2.05) is 28.9 Å². The highest BCUT2D eigenvalue weighted by Crippen LogP contribution is 2.49. The average Bonchev–Trinajstić information content (AvgIpc) is 3.15. The van der Waals surface area contributed by atoms with Crippen LogP contribution in [0.2, 0.25) is 5.02 Å².